The third-order valence-corrected chi connectivity index (χ3v) is 4.22. The first-order chi connectivity index (χ1) is 7.79. The zero-order valence-corrected chi connectivity index (χ0v) is 10.2. The van der Waals surface area contributed by atoms with Crippen molar-refractivity contribution in [3.05, 3.63) is 12.7 Å². The Morgan fingerprint density at radius 2 is 1.94 bits per heavy atom. The average Bonchev–Trinajstić information content (AvgIpc) is 2.81. The van der Waals surface area contributed by atoms with E-state index >= 15 is 0 Å². The molecule has 1 saturated heterocycles. The summed E-state index contributed by atoms with van der Waals surface area (Å²) in [5.41, 5.74) is 6.64. The molecule has 92 valence electrons. The quantitative estimate of drug-likeness (QED) is 0.736. The lowest BCUT2D eigenvalue weighted by Gasteiger charge is -2.47. The van der Waals surface area contributed by atoms with Crippen LogP contribution in [0.15, 0.2) is 12.7 Å². The third kappa shape index (κ3) is 2.17. The van der Waals surface area contributed by atoms with Crippen LogP contribution in [-0.2, 0) is 4.74 Å². The summed E-state index contributed by atoms with van der Waals surface area (Å²) in [6.45, 7) is 7.65. The van der Waals surface area contributed by atoms with Crippen LogP contribution in [0.5, 0.6) is 0 Å². The summed E-state index contributed by atoms with van der Waals surface area (Å²) in [5, 5.41) is 0. The molecule has 0 aromatic rings. The topological polar surface area (TPSA) is 38.5 Å². The monoisotopic (exact) mass is 224 g/mol. The molecule has 0 amide bonds. The lowest BCUT2D eigenvalue weighted by Crippen LogP contribution is -2.61. The molecule has 2 fully saturated rings. The predicted molar refractivity (Wildman–Crippen MR) is 66.4 cm³/mol. The maximum absolute atomic E-state index is 6.40. The van der Waals surface area contributed by atoms with E-state index in [0.717, 1.165) is 32.7 Å². The predicted octanol–water partition coefficient (Wildman–Crippen LogP) is 1.53. The van der Waals surface area contributed by atoms with Crippen molar-refractivity contribution in [3.63, 3.8) is 0 Å². The molecule has 2 aliphatic rings. The van der Waals surface area contributed by atoms with Gasteiger partial charge in [-0.2, -0.15) is 0 Å². The standard InChI is InChI=1S/C13H24N2O/c1-2-5-12(14)13(6-3-4-7-13)15-8-10-16-11-9-15/h2,12H,1,3-11,14H2. The second-order valence-electron chi connectivity index (χ2n) is 5.04. The van der Waals surface area contributed by atoms with Crippen molar-refractivity contribution in [1.29, 1.82) is 0 Å². The molecular weight excluding hydrogens is 200 g/mol. The molecule has 2 N–H and O–H groups in total. The van der Waals surface area contributed by atoms with Gasteiger partial charge in [0.25, 0.3) is 0 Å². The smallest absolute Gasteiger partial charge is 0.0594 e. The molecule has 1 aliphatic heterocycles. The summed E-state index contributed by atoms with van der Waals surface area (Å²) in [7, 11) is 0. The number of morpholine rings is 1. The largest absolute Gasteiger partial charge is 0.379 e. The molecule has 1 saturated carbocycles. The van der Waals surface area contributed by atoms with E-state index in [-0.39, 0.29) is 11.6 Å². The molecule has 16 heavy (non-hydrogen) atoms. The summed E-state index contributed by atoms with van der Waals surface area (Å²) in [6.07, 6.45) is 8.04. The molecule has 3 heteroatoms. The van der Waals surface area contributed by atoms with Gasteiger partial charge in [0.2, 0.25) is 0 Å². The molecule has 0 radical (unpaired) electrons. The van der Waals surface area contributed by atoms with Crippen LogP contribution < -0.4 is 5.73 Å². The van der Waals surface area contributed by atoms with E-state index in [1.54, 1.807) is 0 Å². The van der Waals surface area contributed by atoms with Crippen LogP contribution >= 0.6 is 0 Å². The Kier molecular flexibility index (Phi) is 4.00. The lowest BCUT2D eigenvalue weighted by atomic mass is 9.84. The van der Waals surface area contributed by atoms with E-state index in [4.69, 9.17) is 10.5 Å². The SMILES string of the molecule is C=CCC(N)C1(N2CCOCC2)CCCC1. The number of hydrogen-bond acceptors (Lipinski definition) is 3. The van der Waals surface area contributed by atoms with E-state index in [9.17, 15) is 0 Å². The lowest BCUT2D eigenvalue weighted by molar-refractivity contribution is -0.0302. The van der Waals surface area contributed by atoms with Gasteiger partial charge in [-0.3, -0.25) is 4.90 Å². The van der Waals surface area contributed by atoms with Crippen molar-refractivity contribution >= 4 is 0 Å². The van der Waals surface area contributed by atoms with Gasteiger partial charge in [0, 0.05) is 24.7 Å². The first kappa shape index (κ1) is 12.1. The second-order valence-corrected chi connectivity index (χ2v) is 5.04. The van der Waals surface area contributed by atoms with Crippen molar-refractivity contribution in [2.24, 2.45) is 5.73 Å². The summed E-state index contributed by atoms with van der Waals surface area (Å²) >= 11 is 0. The van der Waals surface area contributed by atoms with Gasteiger partial charge in [0.1, 0.15) is 0 Å². The van der Waals surface area contributed by atoms with Gasteiger partial charge < -0.3 is 10.5 Å². The highest BCUT2D eigenvalue weighted by atomic mass is 16.5. The van der Waals surface area contributed by atoms with Crippen molar-refractivity contribution in [2.75, 3.05) is 26.3 Å². The molecule has 1 aliphatic carbocycles. The fourth-order valence-electron chi connectivity index (χ4n) is 3.32. The molecule has 3 nitrogen and oxygen atoms in total. The van der Waals surface area contributed by atoms with Gasteiger partial charge in [-0.05, 0) is 19.3 Å². The van der Waals surface area contributed by atoms with Gasteiger partial charge in [0.15, 0.2) is 0 Å². The third-order valence-electron chi connectivity index (χ3n) is 4.22. The molecule has 0 aromatic carbocycles. The summed E-state index contributed by atoms with van der Waals surface area (Å²) in [4.78, 5) is 2.58. The number of nitrogens with two attached hydrogens (primary N) is 1. The first-order valence-electron chi connectivity index (χ1n) is 6.49. The number of nitrogens with zero attached hydrogens (tertiary/aromatic N) is 1. The minimum Gasteiger partial charge on any atom is -0.379 e. The highest BCUT2D eigenvalue weighted by Gasteiger charge is 2.44. The minimum absolute atomic E-state index is 0.234. The average molecular weight is 224 g/mol. The Morgan fingerprint density at radius 1 is 1.31 bits per heavy atom. The zero-order chi connectivity index (χ0) is 11.4. The number of hydrogen-bond donors (Lipinski definition) is 1. The van der Waals surface area contributed by atoms with E-state index in [1.165, 1.54) is 25.7 Å². The molecule has 0 aromatic heterocycles. The molecule has 1 atom stereocenters. The fourth-order valence-corrected chi connectivity index (χ4v) is 3.32. The van der Waals surface area contributed by atoms with Gasteiger partial charge in [-0.1, -0.05) is 18.9 Å². The number of rotatable bonds is 4. The molecule has 0 spiro atoms. The molecular formula is C13H24N2O. The van der Waals surface area contributed by atoms with Crippen molar-refractivity contribution in [2.45, 2.75) is 43.7 Å². The van der Waals surface area contributed by atoms with Crippen LogP contribution in [0, 0.1) is 0 Å². The molecule has 0 bridgehead atoms. The highest BCUT2D eigenvalue weighted by Crippen LogP contribution is 2.38. The Bertz CT molecular complexity index is 230. The number of ether oxygens (including phenoxy) is 1. The summed E-state index contributed by atoms with van der Waals surface area (Å²) in [6, 6.07) is 0.241. The van der Waals surface area contributed by atoms with Crippen LogP contribution in [0.25, 0.3) is 0 Å². The Hall–Kier alpha value is -0.380. The normalized spacial score (nSPS) is 27.8. The van der Waals surface area contributed by atoms with Crippen LogP contribution in [0.2, 0.25) is 0 Å². The fraction of sp³-hybridized carbons (Fsp3) is 0.846. The Labute approximate surface area is 98.6 Å². The van der Waals surface area contributed by atoms with Crippen molar-refractivity contribution in [1.82, 2.24) is 4.90 Å². The van der Waals surface area contributed by atoms with E-state index in [2.05, 4.69) is 11.5 Å². The van der Waals surface area contributed by atoms with Crippen LogP contribution in [-0.4, -0.2) is 42.8 Å². The van der Waals surface area contributed by atoms with Crippen molar-refractivity contribution < 1.29 is 4.74 Å². The minimum atomic E-state index is 0.234. The van der Waals surface area contributed by atoms with E-state index < -0.39 is 0 Å². The van der Waals surface area contributed by atoms with Gasteiger partial charge >= 0.3 is 0 Å². The first-order valence-corrected chi connectivity index (χ1v) is 6.49. The second kappa shape index (κ2) is 5.30. The van der Waals surface area contributed by atoms with E-state index in [1.807, 2.05) is 6.08 Å². The van der Waals surface area contributed by atoms with Crippen molar-refractivity contribution in [3.8, 4) is 0 Å². The maximum Gasteiger partial charge on any atom is 0.0594 e. The van der Waals surface area contributed by atoms with Crippen LogP contribution in [0.3, 0.4) is 0 Å². The summed E-state index contributed by atoms with van der Waals surface area (Å²) < 4.78 is 5.44. The van der Waals surface area contributed by atoms with Gasteiger partial charge in [0.05, 0.1) is 13.2 Å². The highest BCUT2D eigenvalue weighted by molar-refractivity contribution is 5.04. The van der Waals surface area contributed by atoms with Gasteiger partial charge in [-0.15, -0.1) is 6.58 Å². The Balaban J connectivity index is 2.09. The maximum atomic E-state index is 6.40. The molecule has 1 unspecified atom stereocenters. The van der Waals surface area contributed by atoms with E-state index in [0.29, 0.717) is 0 Å². The van der Waals surface area contributed by atoms with Crippen LogP contribution in [0.4, 0.5) is 0 Å². The van der Waals surface area contributed by atoms with Crippen LogP contribution in [0.1, 0.15) is 32.1 Å². The molecule has 1 heterocycles. The summed E-state index contributed by atoms with van der Waals surface area (Å²) in [5.74, 6) is 0. The van der Waals surface area contributed by atoms with Gasteiger partial charge in [-0.25, -0.2) is 0 Å². The Morgan fingerprint density at radius 3 is 2.50 bits per heavy atom. The molecule has 2 rings (SSSR count). The zero-order valence-electron chi connectivity index (χ0n) is 10.2.